The lowest BCUT2D eigenvalue weighted by molar-refractivity contribution is 0.00253. The fourth-order valence-corrected chi connectivity index (χ4v) is 2.72. The quantitative estimate of drug-likeness (QED) is 0.754. The molecule has 0 bridgehead atoms. The molecule has 3 unspecified atom stereocenters. The van der Waals surface area contributed by atoms with Crippen molar-refractivity contribution in [2.24, 2.45) is 11.8 Å². The van der Waals surface area contributed by atoms with Gasteiger partial charge in [0.25, 0.3) is 0 Å². The maximum atomic E-state index is 6.05. The smallest absolute Gasteiger partial charge is 0.0625 e. The summed E-state index contributed by atoms with van der Waals surface area (Å²) in [7, 11) is 2.07. The van der Waals surface area contributed by atoms with E-state index in [-0.39, 0.29) is 0 Å². The molecule has 2 rings (SSSR count). The van der Waals surface area contributed by atoms with Crippen molar-refractivity contribution in [2.75, 3.05) is 13.7 Å². The highest BCUT2D eigenvalue weighted by molar-refractivity contribution is 4.85. The van der Waals surface area contributed by atoms with E-state index in [2.05, 4.69) is 19.3 Å². The monoisotopic (exact) mass is 211 g/mol. The van der Waals surface area contributed by atoms with Gasteiger partial charge in [-0.15, -0.1) is 0 Å². The van der Waals surface area contributed by atoms with Crippen molar-refractivity contribution in [1.82, 2.24) is 5.32 Å². The molecule has 2 aliphatic rings. The van der Waals surface area contributed by atoms with Crippen molar-refractivity contribution in [3.63, 3.8) is 0 Å². The van der Waals surface area contributed by atoms with Crippen LogP contribution in [0.5, 0.6) is 0 Å². The number of nitrogens with one attached hydrogen (secondary N) is 1. The summed E-state index contributed by atoms with van der Waals surface area (Å²) in [6, 6.07) is 0.613. The Bertz CT molecular complexity index is 191. The predicted octanol–water partition coefficient (Wildman–Crippen LogP) is 2.58. The van der Waals surface area contributed by atoms with E-state index in [1.165, 1.54) is 38.5 Å². The summed E-state index contributed by atoms with van der Waals surface area (Å²) in [5, 5.41) is 3.39. The average molecular weight is 211 g/mol. The molecule has 0 aromatic heterocycles. The lowest BCUT2D eigenvalue weighted by atomic mass is 9.89. The fourth-order valence-electron chi connectivity index (χ4n) is 2.72. The summed E-state index contributed by atoms with van der Waals surface area (Å²) in [6.45, 7) is 3.28. The van der Waals surface area contributed by atoms with Crippen LogP contribution in [0.1, 0.15) is 45.4 Å². The Morgan fingerprint density at radius 3 is 2.67 bits per heavy atom. The SMILES string of the molecule is CNC(COC1CCCC(C)C1)C1CC1. The molecule has 2 fully saturated rings. The summed E-state index contributed by atoms with van der Waals surface area (Å²) in [5.74, 6) is 1.77. The second-order valence-electron chi connectivity index (χ2n) is 5.46. The largest absolute Gasteiger partial charge is 0.377 e. The van der Waals surface area contributed by atoms with Crippen LogP contribution in [0.4, 0.5) is 0 Å². The molecule has 88 valence electrons. The van der Waals surface area contributed by atoms with Gasteiger partial charge in [0.1, 0.15) is 0 Å². The first-order valence-corrected chi connectivity index (χ1v) is 6.58. The van der Waals surface area contributed by atoms with E-state index in [4.69, 9.17) is 4.74 Å². The first-order valence-electron chi connectivity index (χ1n) is 6.58. The lowest BCUT2D eigenvalue weighted by Crippen LogP contribution is -2.35. The van der Waals surface area contributed by atoms with Gasteiger partial charge >= 0.3 is 0 Å². The second kappa shape index (κ2) is 5.31. The van der Waals surface area contributed by atoms with Gasteiger partial charge in [-0.05, 0) is 44.6 Å². The van der Waals surface area contributed by atoms with E-state index in [1.807, 2.05) is 0 Å². The van der Waals surface area contributed by atoms with Gasteiger partial charge < -0.3 is 10.1 Å². The Morgan fingerprint density at radius 1 is 1.27 bits per heavy atom. The topological polar surface area (TPSA) is 21.3 Å². The van der Waals surface area contributed by atoms with E-state index in [9.17, 15) is 0 Å². The highest BCUT2D eigenvalue weighted by atomic mass is 16.5. The molecule has 3 atom stereocenters. The van der Waals surface area contributed by atoms with Crippen LogP contribution in [0.3, 0.4) is 0 Å². The lowest BCUT2D eigenvalue weighted by Gasteiger charge is -2.28. The van der Waals surface area contributed by atoms with Crippen LogP contribution in [0.25, 0.3) is 0 Å². The minimum Gasteiger partial charge on any atom is -0.377 e. The van der Waals surface area contributed by atoms with Gasteiger partial charge in [-0.2, -0.15) is 0 Å². The minimum absolute atomic E-state index is 0.545. The van der Waals surface area contributed by atoms with Crippen molar-refractivity contribution in [2.45, 2.75) is 57.6 Å². The summed E-state index contributed by atoms with van der Waals surface area (Å²) in [4.78, 5) is 0. The molecule has 0 aromatic rings. The maximum absolute atomic E-state index is 6.05. The van der Waals surface area contributed by atoms with Crippen molar-refractivity contribution in [3.05, 3.63) is 0 Å². The third kappa shape index (κ3) is 3.46. The average Bonchev–Trinajstić information content (AvgIpc) is 3.03. The minimum atomic E-state index is 0.545. The molecule has 0 aliphatic heterocycles. The number of hydrogen-bond donors (Lipinski definition) is 1. The Labute approximate surface area is 93.8 Å². The van der Waals surface area contributed by atoms with E-state index in [1.54, 1.807) is 0 Å². The van der Waals surface area contributed by atoms with Crippen LogP contribution in [-0.2, 0) is 4.74 Å². The molecule has 15 heavy (non-hydrogen) atoms. The van der Waals surface area contributed by atoms with E-state index >= 15 is 0 Å². The van der Waals surface area contributed by atoms with Crippen LogP contribution in [0.15, 0.2) is 0 Å². The number of hydrogen-bond acceptors (Lipinski definition) is 2. The highest BCUT2D eigenvalue weighted by Gasteiger charge is 2.31. The van der Waals surface area contributed by atoms with Gasteiger partial charge in [-0.25, -0.2) is 0 Å². The van der Waals surface area contributed by atoms with Gasteiger partial charge in [0.15, 0.2) is 0 Å². The first-order chi connectivity index (χ1) is 7.29. The van der Waals surface area contributed by atoms with Gasteiger partial charge in [0, 0.05) is 6.04 Å². The molecule has 0 saturated heterocycles. The van der Waals surface area contributed by atoms with Crippen LogP contribution in [0, 0.1) is 11.8 Å². The third-order valence-corrected chi connectivity index (χ3v) is 3.96. The van der Waals surface area contributed by atoms with Crippen molar-refractivity contribution >= 4 is 0 Å². The van der Waals surface area contributed by atoms with Gasteiger partial charge in [0.05, 0.1) is 12.7 Å². The van der Waals surface area contributed by atoms with Gasteiger partial charge in [-0.3, -0.25) is 0 Å². The van der Waals surface area contributed by atoms with Crippen LogP contribution >= 0.6 is 0 Å². The number of ether oxygens (including phenoxy) is 1. The van der Waals surface area contributed by atoms with E-state index < -0.39 is 0 Å². The zero-order chi connectivity index (χ0) is 10.7. The Kier molecular flexibility index (Phi) is 4.04. The van der Waals surface area contributed by atoms with Crippen LogP contribution in [0.2, 0.25) is 0 Å². The van der Waals surface area contributed by atoms with E-state index in [0.29, 0.717) is 12.1 Å². The number of likely N-dealkylation sites (N-methyl/N-ethyl adjacent to an activating group) is 1. The standard InChI is InChI=1S/C13H25NO/c1-10-4-3-5-12(8-10)15-9-13(14-2)11-6-7-11/h10-14H,3-9H2,1-2H3. The van der Waals surface area contributed by atoms with Gasteiger partial charge in [-0.1, -0.05) is 19.8 Å². The molecule has 0 aromatic carbocycles. The van der Waals surface area contributed by atoms with E-state index in [0.717, 1.165) is 18.4 Å². The van der Waals surface area contributed by atoms with Crippen LogP contribution < -0.4 is 5.32 Å². The predicted molar refractivity (Wildman–Crippen MR) is 62.9 cm³/mol. The molecule has 0 spiro atoms. The summed E-state index contributed by atoms with van der Waals surface area (Å²) < 4.78 is 6.05. The normalized spacial score (nSPS) is 34.0. The Balaban J connectivity index is 1.67. The first kappa shape index (κ1) is 11.4. The van der Waals surface area contributed by atoms with Gasteiger partial charge in [0.2, 0.25) is 0 Å². The molecular formula is C13H25NO. The molecule has 2 nitrogen and oxygen atoms in total. The molecule has 1 N–H and O–H groups in total. The molecular weight excluding hydrogens is 186 g/mol. The third-order valence-electron chi connectivity index (χ3n) is 3.96. The summed E-state index contributed by atoms with van der Waals surface area (Å²) in [5.41, 5.74) is 0. The Morgan fingerprint density at radius 2 is 2.07 bits per heavy atom. The van der Waals surface area contributed by atoms with Crippen molar-refractivity contribution < 1.29 is 4.74 Å². The molecule has 0 radical (unpaired) electrons. The zero-order valence-electron chi connectivity index (χ0n) is 10.2. The molecule has 2 aliphatic carbocycles. The fraction of sp³-hybridized carbons (Fsp3) is 1.00. The Hall–Kier alpha value is -0.0800. The number of rotatable bonds is 5. The van der Waals surface area contributed by atoms with Crippen LogP contribution in [-0.4, -0.2) is 25.8 Å². The van der Waals surface area contributed by atoms with Crippen molar-refractivity contribution in [1.29, 1.82) is 0 Å². The van der Waals surface area contributed by atoms with Crippen molar-refractivity contribution in [3.8, 4) is 0 Å². The zero-order valence-corrected chi connectivity index (χ0v) is 10.2. The summed E-state index contributed by atoms with van der Waals surface area (Å²) in [6.07, 6.45) is 8.67. The molecule has 0 amide bonds. The maximum Gasteiger partial charge on any atom is 0.0625 e. The molecule has 2 saturated carbocycles. The highest BCUT2D eigenvalue weighted by Crippen LogP contribution is 2.33. The second-order valence-corrected chi connectivity index (χ2v) is 5.46. The molecule has 0 heterocycles. The molecule has 2 heteroatoms. The summed E-state index contributed by atoms with van der Waals surface area (Å²) >= 11 is 0.